The van der Waals surface area contributed by atoms with E-state index in [2.05, 4.69) is 9.97 Å². The highest BCUT2D eigenvalue weighted by Crippen LogP contribution is 2.11. The first kappa shape index (κ1) is 9.89. The van der Waals surface area contributed by atoms with Crippen LogP contribution in [0.3, 0.4) is 0 Å². The molecule has 4 nitrogen and oxygen atoms in total. The molecule has 0 unspecified atom stereocenters. The molecule has 0 saturated heterocycles. The summed E-state index contributed by atoms with van der Waals surface area (Å²) in [4.78, 5) is 15.5. The number of rotatable bonds is 1. The van der Waals surface area contributed by atoms with Crippen molar-refractivity contribution in [1.82, 2.24) is 9.97 Å². The monoisotopic (exact) mass is 187 g/mol. The molecule has 1 heterocycles. The van der Waals surface area contributed by atoms with Gasteiger partial charge < -0.3 is 4.98 Å². The summed E-state index contributed by atoms with van der Waals surface area (Å²) in [6, 6.07) is 10.0. The minimum atomic E-state index is 0.750. The molecule has 0 aliphatic rings. The maximum absolute atomic E-state index is 8.35. The number of hydrogen-bond acceptors (Lipinski definition) is 3. The molecule has 0 atom stereocenters. The molecule has 0 aliphatic carbocycles. The molecule has 2 N–H and O–H groups in total. The Morgan fingerprint density at radius 2 is 1.93 bits per heavy atom. The Morgan fingerprint density at radius 1 is 1.29 bits per heavy atom. The molecule has 0 spiro atoms. The van der Waals surface area contributed by atoms with E-state index in [1.165, 1.54) is 0 Å². The SMILES string of the molecule is N=C=O.c1ccc(-c2ncc[nH]2)cc1. The van der Waals surface area contributed by atoms with Crippen LogP contribution in [0.1, 0.15) is 0 Å². The summed E-state index contributed by atoms with van der Waals surface area (Å²) in [5.74, 6) is 0.922. The average molecular weight is 187 g/mol. The van der Waals surface area contributed by atoms with Gasteiger partial charge in [-0.05, 0) is 0 Å². The minimum absolute atomic E-state index is 0.750. The van der Waals surface area contributed by atoms with Crippen LogP contribution in [0.15, 0.2) is 42.7 Å². The highest BCUT2D eigenvalue weighted by Gasteiger charge is 1.94. The fraction of sp³-hybridized carbons (Fsp3) is 0. The number of aromatic nitrogens is 2. The van der Waals surface area contributed by atoms with Gasteiger partial charge in [0, 0.05) is 18.0 Å². The van der Waals surface area contributed by atoms with Crippen LogP contribution in [0.2, 0.25) is 0 Å². The van der Waals surface area contributed by atoms with Gasteiger partial charge in [-0.25, -0.2) is 15.2 Å². The molecule has 0 bridgehead atoms. The molecule has 0 saturated carbocycles. The molecule has 4 heteroatoms. The minimum Gasteiger partial charge on any atom is -0.345 e. The third-order valence-electron chi connectivity index (χ3n) is 1.55. The van der Waals surface area contributed by atoms with Crippen LogP contribution in [0, 0.1) is 5.41 Å². The van der Waals surface area contributed by atoms with Crippen molar-refractivity contribution in [3.63, 3.8) is 0 Å². The van der Waals surface area contributed by atoms with Crippen LogP contribution in [0.25, 0.3) is 11.4 Å². The molecule has 70 valence electrons. The second kappa shape index (κ2) is 5.45. The van der Waals surface area contributed by atoms with Crippen LogP contribution in [0.5, 0.6) is 0 Å². The lowest BCUT2D eigenvalue weighted by atomic mass is 10.2. The molecule has 2 rings (SSSR count). The zero-order chi connectivity index (χ0) is 10.2. The third kappa shape index (κ3) is 2.69. The standard InChI is InChI=1S/C9H8N2.CHNO/c1-2-4-8(5-3-1)9-10-6-7-11-9;2-1-3/h1-7H,(H,10,11);2H. The molecular weight excluding hydrogens is 178 g/mol. The zero-order valence-electron chi connectivity index (χ0n) is 7.40. The third-order valence-corrected chi connectivity index (χ3v) is 1.55. The van der Waals surface area contributed by atoms with Crippen molar-refractivity contribution in [2.24, 2.45) is 0 Å². The summed E-state index contributed by atoms with van der Waals surface area (Å²) in [5.41, 5.74) is 1.12. The Balaban J connectivity index is 0.000000293. The highest BCUT2D eigenvalue weighted by molar-refractivity contribution is 5.53. The van der Waals surface area contributed by atoms with Gasteiger partial charge in [0.2, 0.25) is 6.08 Å². The quantitative estimate of drug-likeness (QED) is 0.529. The number of aromatic amines is 1. The molecule has 0 aliphatic heterocycles. The normalized spacial score (nSPS) is 8.29. The summed E-state index contributed by atoms with van der Waals surface area (Å²) in [6.07, 6.45) is 4.32. The van der Waals surface area contributed by atoms with E-state index in [0.29, 0.717) is 0 Å². The van der Waals surface area contributed by atoms with Crippen molar-refractivity contribution >= 4 is 6.08 Å². The van der Waals surface area contributed by atoms with Crippen molar-refractivity contribution in [2.75, 3.05) is 0 Å². The molecular formula is C10H9N3O. The van der Waals surface area contributed by atoms with Crippen LogP contribution in [0.4, 0.5) is 0 Å². The average Bonchev–Trinajstić information content (AvgIpc) is 2.73. The lowest BCUT2D eigenvalue weighted by molar-refractivity contribution is 0.563. The molecule has 1 aromatic heterocycles. The molecule has 0 fully saturated rings. The van der Waals surface area contributed by atoms with E-state index in [0.717, 1.165) is 17.5 Å². The number of hydrogen-bond donors (Lipinski definition) is 2. The van der Waals surface area contributed by atoms with Crippen LogP contribution in [-0.4, -0.2) is 16.0 Å². The van der Waals surface area contributed by atoms with Crippen molar-refractivity contribution < 1.29 is 4.79 Å². The van der Waals surface area contributed by atoms with Crippen molar-refractivity contribution in [3.05, 3.63) is 42.7 Å². The van der Waals surface area contributed by atoms with E-state index in [1.54, 1.807) is 6.20 Å². The first-order chi connectivity index (χ1) is 6.88. The Bertz CT molecular complexity index is 389. The topological polar surface area (TPSA) is 69.6 Å². The second-order valence-corrected chi connectivity index (χ2v) is 2.41. The van der Waals surface area contributed by atoms with Crippen molar-refractivity contribution in [1.29, 1.82) is 5.41 Å². The van der Waals surface area contributed by atoms with E-state index in [4.69, 9.17) is 10.2 Å². The number of isocyanates is 1. The van der Waals surface area contributed by atoms with E-state index in [-0.39, 0.29) is 0 Å². The number of carbonyl (C=O) groups excluding carboxylic acids is 1. The number of H-pyrrole nitrogens is 1. The van der Waals surface area contributed by atoms with Crippen LogP contribution in [-0.2, 0) is 4.79 Å². The lowest BCUT2D eigenvalue weighted by Gasteiger charge is -1.92. The van der Waals surface area contributed by atoms with E-state index < -0.39 is 0 Å². The summed E-state index contributed by atoms with van der Waals surface area (Å²) < 4.78 is 0. The maximum atomic E-state index is 8.35. The Hall–Kier alpha value is -2.19. The second-order valence-electron chi connectivity index (χ2n) is 2.41. The summed E-state index contributed by atoms with van der Waals surface area (Å²) in [6.45, 7) is 0. The van der Waals surface area contributed by atoms with Crippen molar-refractivity contribution in [3.8, 4) is 11.4 Å². The fourth-order valence-electron chi connectivity index (χ4n) is 1.02. The Morgan fingerprint density at radius 3 is 2.43 bits per heavy atom. The largest absolute Gasteiger partial charge is 0.345 e. The number of nitrogens with one attached hydrogen (secondary N) is 2. The van der Waals surface area contributed by atoms with Gasteiger partial charge in [-0.1, -0.05) is 30.3 Å². The number of benzene rings is 1. The fourth-order valence-corrected chi connectivity index (χ4v) is 1.02. The van der Waals surface area contributed by atoms with Gasteiger partial charge in [0.15, 0.2) is 0 Å². The zero-order valence-corrected chi connectivity index (χ0v) is 7.40. The Labute approximate surface area is 81.1 Å². The van der Waals surface area contributed by atoms with Crippen LogP contribution >= 0.6 is 0 Å². The van der Waals surface area contributed by atoms with Gasteiger partial charge >= 0.3 is 0 Å². The molecule has 1 aromatic carbocycles. The van der Waals surface area contributed by atoms with Gasteiger partial charge in [0.05, 0.1) is 0 Å². The predicted octanol–water partition coefficient (Wildman–Crippen LogP) is 1.98. The van der Waals surface area contributed by atoms with Crippen LogP contribution < -0.4 is 0 Å². The van der Waals surface area contributed by atoms with E-state index in [9.17, 15) is 0 Å². The number of nitrogens with zero attached hydrogens (tertiary/aromatic N) is 1. The molecule has 0 radical (unpaired) electrons. The predicted molar refractivity (Wildman–Crippen MR) is 52.4 cm³/mol. The van der Waals surface area contributed by atoms with E-state index >= 15 is 0 Å². The smallest absolute Gasteiger partial charge is 0.231 e. The van der Waals surface area contributed by atoms with Gasteiger partial charge in [-0.3, -0.25) is 0 Å². The maximum Gasteiger partial charge on any atom is 0.231 e. The molecule has 2 aromatic rings. The molecule has 0 amide bonds. The van der Waals surface area contributed by atoms with Gasteiger partial charge in [-0.2, -0.15) is 0 Å². The summed E-state index contributed by atoms with van der Waals surface area (Å²) in [5, 5.41) is 5.40. The molecule has 14 heavy (non-hydrogen) atoms. The Kier molecular flexibility index (Phi) is 3.86. The first-order valence-corrected chi connectivity index (χ1v) is 3.97. The van der Waals surface area contributed by atoms with E-state index in [1.807, 2.05) is 36.5 Å². The summed E-state index contributed by atoms with van der Waals surface area (Å²) >= 11 is 0. The summed E-state index contributed by atoms with van der Waals surface area (Å²) in [7, 11) is 0. The van der Waals surface area contributed by atoms with Gasteiger partial charge in [0.25, 0.3) is 0 Å². The van der Waals surface area contributed by atoms with Gasteiger partial charge in [-0.15, -0.1) is 0 Å². The van der Waals surface area contributed by atoms with Gasteiger partial charge in [0.1, 0.15) is 5.82 Å². The lowest BCUT2D eigenvalue weighted by Crippen LogP contribution is -1.77. The number of imidazole rings is 1. The van der Waals surface area contributed by atoms with Crippen molar-refractivity contribution in [2.45, 2.75) is 0 Å². The highest BCUT2D eigenvalue weighted by atomic mass is 16.1. The first-order valence-electron chi connectivity index (χ1n) is 3.97.